The minimum Gasteiger partial charge on any atom is -0.351 e. The average molecular weight is 371 g/mol. The highest BCUT2D eigenvalue weighted by Gasteiger charge is 2.25. The zero-order valence-electron chi connectivity index (χ0n) is 14.2. The highest BCUT2D eigenvalue weighted by molar-refractivity contribution is 5.97. The normalized spacial score (nSPS) is 20.7. The molecule has 3 unspecified atom stereocenters. The summed E-state index contributed by atoms with van der Waals surface area (Å²) in [7, 11) is 0. The first-order valence-corrected chi connectivity index (χ1v) is 7.95. The number of hydrogen-bond donors (Lipinski definition) is 3. The predicted octanol–water partition coefficient (Wildman–Crippen LogP) is 1.25. The van der Waals surface area contributed by atoms with Crippen molar-refractivity contribution in [2.45, 2.75) is 32.4 Å². The maximum atomic E-state index is 12.2. The van der Waals surface area contributed by atoms with Gasteiger partial charge in [0.1, 0.15) is 6.04 Å². The van der Waals surface area contributed by atoms with E-state index in [9.17, 15) is 19.7 Å². The van der Waals surface area contributed by atoms with E-state index in [0.717, 1.165) is 19.5 Å². The number of nitrogens with zero attached hydrogens (tertiary/aromatic N) is 1. The number of hydrogen-bond acceptors (Lipinski definition) is 5. The van der Waals surface area contributed by atoms with Gasteiger partial charge in [-0.3, -0.25) is 19.7 Å². The lowest BCUT2D eigenvalue weighted by Gasteiger charge is -2.31. The van der Waals surface area contributed by atoms with Crippen LogP contribution in [0.15, 0.2) is 24.3 Å². The molecule has 138 valence electrons. The van der Waals surface area contributed by atoms with Gasteiger partial charge in [-0.15, -0.1) is 12.4 Å². The van der Waals surface area contributed by atoms with Crippen molar-refractivity contribution in [3.05, 3.63) is 39.9 Å². The predicted molar refractivity (Wildman–Crippen MR) is 95.9 cm³/mol. The molecule has 1 aromatic carbocycles. The van der Waals surface area contributed by atoms with Gasteiger partial charge in [0.15, 0.2) is 0 Å². The fourth-order valence-corrected chi connectivity index (χ4v) is 2.64. The number of nitro benzene ring substituents is 1. The number of benzene rings is 1. The number of amides is 2. The maximum absolute atomic E-state index is 12.2. The minimum atomic E-state index is -0.723. The molecule has 3 N–H and O–H groups in total. The van der Waals surface area contributed by atoms with Gasteiger partial charge in [0, 0.05) is 23.7 Å². The van der Waals surface area contributed by atoms with Crippen molar-refractivity contribution in [2.75, 3.05) is 13.1 Å². The largest absolute Gasteiger partial charge is 0.351 e. The molecule has 0 saturated carbocycles. The molecule has 0 aromatic heterocycles. The van der Waals surface area contributed by atoms with Gasteiger partial charge in [-0.2, -0.15) is 0 Å². The quantitative estimate of drug-likeness (QED) is 0.533. The lowest BCUT2D eigenvalue weighted by atomic mass is 9.95. The number of nitrogens with one attached hydrogen (secondary N) is 3. The SMILES string of the molecule is CC(NC(=O)c1cccc([N+](=O)[O-])c1)C(=O)NC1CCNCC1C.Cl. The molecule has 0 bridgehead atoms. The molecular weight excluding hydrogens is 348 g/mol. The number of piperidine rings is 1. The van der Waals surface area contributed by atoms with Crippen LogP contribution in [0.25, 0.3) is 0 Å². The molecule has 1 aromatic rings. The average Bonchev–Trinajstić information content (AvgIpc) is 2.56. The number of halogens is 1. The van der Waals surface area contributed by atoms with Crippen LogP contribution in [-0.4, -0.2) is 41.9 Å². The van der Waals surface area contributed by atoms with Gasteiger partial charge in [0.2, 0.25) is 5.91 Å². The third-order valence-corrected chi connectivity index (χ3v) is 4.17. The fraction of sp³-hybridized carbons (Fsp3) is 0.500. The second kappa shape index (κ2) is 9.33. The molecule has 0 radical (unpaired) electrons. The molecule has 2 amide bonds. The summed E-state index contributed by atoms with van der Waals surface area (Å²) in [4.78, 5) is 34.6. The summed E-state index contributed by atoms with van der Waals surface area (Å²) in [5.41, 5.74) is -0.0117. The van der Waals surface area contributed by atoms with Gasteiger partial charge in [-0.1, -0.05) is 13.0 Å². The zero-order valence-corrected chi connectivity index (χ0v) is 15.0. The summed E-state index contributed by atoms with van der Waals surface area (Å²) in [6.07, 6.45) is 0.846. The number of nitro groups is 1. The Balaban J connectivity index is 0.00000312. The zero-order chi connectivity index (χ0) is 17.7. The van der Waals surface area contributed by atoms with Crippen LogP contribution in [0.3, 0.4) is 0 Å². The highest BCUT2D eigenvalue weighted by atomic mass is 35.5. The first-order valence-electron chi connectivity index (χ1n) is 7.95. The lowest BCUT2D eigenvalue weighted by molar-refractivity contribution is -0.384. The van der Waals surface area contributed by atoms with Gasteiger partial charge in [0.05, 0.1) is 4.92 Å². The van der Waals surface area contributed by atoms with Crippen LogP contribution in [0.1, 0.15) is 30.6 Å². The van der Waals surface area contributed by atoms with E-state index >= 15 is 0 Å². The Morgan fingerprint density at radius 3 is 2.76 bits per heavy atom. The van der Waals surface area contributed by atoms with Crippen molar-refractivity contribution in [2.24, 2.45) is 5.92 Å². The number of carbonyl (C=O) groups is 2. The molecule has 1 aliphatic heterocycles. The van der Waals surface area contributed by atoms with Crippen LogP contribution < -0.4 is 16.0 Å². The Bertz CT molecular complexity index is 640. The fourth-order valence-electron chi connectivity index (χ4n) is 2.64. The van der Waals surface area contributed by atoms with Crippen LogP contribution in [-0.2, 0) is 4.79 Å². The van der Waals surface area contributed by atoms with Crippen molar-refractivity contribution in [1.82, 2.24) is 16.0 Å². The van der Waals surface area contributed by atoms with Crippen molar-refractivity contribution < 1.29 is 14.5 Å². The Morgan fingerprint density at radius 2 is 2.12 bits per heavy atom. The molecular formula is C16H23ClN4O4. The van der Waals surface area contributed by atoms with E-state index in [0.29, 0.717) is 5.92 Å². The second-order valence-electron chi connectivity index (χ2n) is 6.09. The summed E-state index contributed by atoms with van der Waals surface area (Å²) in [6.45, 7) is 5.35. The number of rotatable bonds is 5. The van der Waals surface area contributed by atoms with Crippen molar-refractivity contribution in [3.63, 3.8) is 0 Å². The van der Waals surface area contributed by atoms with Gasteiger partial charge < -0.3 is 16.0 Å². The smallest absolute Gasteiger partial charge is 0.270 e. The van der Waals surface area contributed by atoms with Crippen LogP contribution >= 0.6 is 12.4 Å². The number of non-ortho nitro benzene ring substituents is 1. The highest BCUT2D eigenvalue weighted by Crippen LogP contribution is 2.13. The van der Waals surface area contributed by atoms with Crippen LogP contribution in [0, 0.1) is 16.0 Å². The van der Waals surface area contributed by atoms with Crippen molar-refractivity contribution in [3.8, 4) is 0 Å². The molecule has 1 aliphatic rings. The first kappa shape index (κ1) is 20.9. The lowest BCUT2D eigenvalue weighted by Crippen LogP contribution is -2.53. The minimum absolute atomic E-state index is 0. The van der Waals surface area contributed by atoms with Crippen molar-refractivity contribution >= 4 is 29.9 Å². The summed E-state index contributed by atoms with van der Waals surface area (Å²) in [5, 5.41) is 19.6. The summed E-state index contributed by atoms with van der Waals surface area (Å²) in [6, 6.07) is 4.77. The van der Waals surface area contributed by atoms with Crippen LogP contribution in [0.4, 0.5) is 5.69 Å². The second-order valence-corrected chi connectivity index (χ2v) is 6.09. The molecule has 3 atom stereocenters. The Morgan fingerprint density at radius 1 is 1.40 bits per heavy atom. The molecule has 1 fully saturated rings. The Kier molecular flexibility index (Phi) is 7.79. The molecule has 2 rings (SSSR count). The van der Waals surface area contributed by atoms with Crippen LogP contribution in [0.2, 0.25) is 0 Å². The maximum Gasteiger partial charge on any atom is 0.270 e. The third-order valence-electron chi connectivity index (χ3n) is 4.17. The monoisotopic (exact) mass is 370 g/mol. The molecule has 1 heterocycles. The third kappa shape index (κ3) is 5.68. The van der Waals surface area contributed by atoms with E-state index in [-0.39, 0.29) is 35.6 Å². The van der Waals surface area contributed by atoms with E-state index in [2.05, 4.69) is 22.9 Å². The van der Waals surface area contributed by atoms with Crippen LogP contribution in [0.5, 0.6) is 0 Å². The van der Waals surface area contributed by atoms with Gasteiger partial charge in [-0.25, -0.2) is 0 Å². The summed E-state index contributed by atoms with van der Waals surface area (Å²) in [5.74, 6) is -0.449. The van der Waals surface area contributed by atoms with Gasteiger partial charge in [-0.05, 0) is 38.4 Å². The first-order chi connectivity index (χ1) is 11.4. The number of carbonyl (C=O) groups excluding carboxylic acids is 2. The molecule has 8 nitrogen and oxygen atoms in total. The van der Waals surface area contributed by atoms with E-state index < -0.39 is 16.9 Å². The summed E-state index contributed by atoms with van der Waals surface area (Å²) >= 11 is 0. The Labute approximate surface area is 152 Å². The molecule has 25 heavy (non-hydrogen) atoms. The summed E-state index contributed by atoms with van der Waals surface area (Å²) < 4.78 is 0. The van der Waals surface area contributed by atoms with E-state index in [4.69, 9.17) is 0 Å². The Hall–Kier alpha value is -2.19. The van der Waals surface area contributed by atoms with E-state index in [1.807, 2.05) is 0 Å². The topological polar surface area (TPSA) is 113 Å². The molecule has 9 heteroatoms. The van der Waals surface area contributed by atoms with Gasteiger partial charge in [0.25, 0.3) is 11.6 Å². The van der Waals surface area contributed by atoms with E-state index in [1.54, 1.807) is 6.92 Å². The molecule has 1 saturated heterocycles. The van der Waals surface area contributed by atoms with Gasteiger partial charge >= 0.3 is 0 Å². The standard InChI is InChI=1S/C16H22N4O4.ClH/c1-10-9-17-7-6-14(10)19-15(21)11(2)18-16(22)12-4-3-5-13(8-12)20(23)24;/h3-5,8,10-11,14,17H,6-7,9H2,1-2H3,(H,18,22)(H,19,21);1H. The van der Waals surface area contributed by atoms with E-state index in [1.165, 1.54) is 24.3 Å². The molecule has 0 spiro atoms. The molecule has 0 aliphatic carbocycles. The van der Waals surface area contributed by atoms with Crippen molar-refractivity contribution in [1.29, 1.82) is 0 Å².